The highest BCUT2D eigenvalue weighted by molar-refractivity contribution is 5.72. The van der Waals surface area contributed by atoms with E-state index in [0.29, 0.717) is 0 Å². The molecular formula is C12H13FN4O3. The first-order valence-electron chi connectivity index (χ1n) is 5.91. The molecular weight excluding hydrogens is 267 g/mol. The Labute approximate surface area is 113 Å². The summed E-state index contributed by atoms with van der Waals surface area (Å²) in [5.41, 5.74) is 0.734. The fraction of sp³-hybridized carbons (Fsp3) is 0.333. The predicted octanol–water partition coefficient (Wildman–Crippen LogP) is 0.409. The van der Waals surface area contributed by atoms with Crippen LogP contribution >= 0.6 is 0 Å². The van der Waals surface area contributed by atoms with Crippen LogP contribution in [-0.2, 0) is 11.2 Å². The lowest BCUT2D eigenvalue weighted by Gasteiger charge is -2.16. The van der Waals surface area contributed by atoms with E-state index in [2.05, 4.69) is 15.5 Å². The van der Waals surface area contributed by atoms with Crippen LogP contribution in [0.1, 0.15) is 24.4 Å². The summed E-state index contributed by atoms with van der Waals surface area (Å²) in [5, 5.41) is 29.5. The Hall–Kier alpha value is -2.35. The Balaban J connectivity index is 2.28. The van der Waals surface area contributed by atoms with Crippen molar-refractivity contribution in [1.29, 1.82) is 0 Å². The summed E-state index contributed by atoms with van der Waals surface area (Å²) < 4.78 is 13.9. The van der Waals surface area contributed by atoms with Crippen molar-refractivity contribution >= 4 is 5.97 Å². The third kappa shape index (κ3) is 2.97. The van der Waals surface area contributed by atoms with Gasteiger partial charge in [0.05, 0.1) is 6.10 Å². The van der Waals surface area contributed by atoms with Crippen LogP contribution < -0.4 is 0 Å². The average Bonchev–Trinajstić information content (AvgIpc) is 2.79. The first kappa shape index (κ1) is 14.1. The lowest BCUT2D eigenvalue weighted by atomic mass is 10.1. The molecule has 7 nitrogen and oxygen atoms in total. The standard InChI is InChI=1S/C12H13FN4O3/c1-7(18)11(12(19)20)17-10(14-15-16-17)6-8-2-4-9(13)5-3-8/h2-5,7,11,18H,6H2,1H3,(H,19,20). The van der Waals surface area contributed by atoms with Gasteiger partial charge in [0.2, 0.25) is 0 Å². The van der Waals surface area contributed by atoms with E-state index in [4.69, 9.17) is 5.11 Å². The van der Waals surface area contributed by atoms with E-state index >= 15 is 0 Å². The van der Waals surface area contributed by atoms with Crippen molar-refractivity contribution < 1.29 is 19.4 Å². The van der Waals surface area contributed by atoms with Crippen molar-refractivity contribution in [1.82, 2.24) is 20.2 Å². The number of halogens is 1. The quantitative estimate of drug-likeness (QED) is 0.822. The number of carbonyl (C=O) groups is 1. The number of carboxylic acid groups (broad SMARTS) is 1. The molecule has 8 heteroatoms. The average molecular weight is 280 g/mol. The van der Waals surface area contributed by atoms with E-state index in [1.807, 2.05) is 0 Å². The monoisotopic (exact) mass is 280 g/mol. The summed E-state index contributed by atoms with van der Waals surface area (Å²) in [6.45, 7) is 1.35. The number of carboxylic acids is 1. The van der Waals surface area contributed by atoms with Crippen LogP contribution in [0.15, 0.2) is 24.3 Å². The van der Waals surface area contributed by atoms with Gasteiger partial charge in [-0.15, -0.1) is 5.10 Å². The van der Waals surface area contributed by atoms with Gasteiger partial charge in [0, 0.05) is 6.42 Å². The van der Waals surface area contributed by atoms with Crippen molar-refractivity contribution in [2.24, 2.45) is 0 Å². The Kier molecular flexibility index (Phi) is 4.04. The second-order valence-electron chi connectivity index (χ2n) is 4.37. The summed E-state index contributed by atoms with van der Waals surface area (Å²) in [7, 11) is 0. The van der Waals surface area contributed by atoms with E-state index in [1.54, 1.807) is 12.1 Å². The van der Waals surface area contributed by atoms with Crippen LogP contribution in [0.5, 0.6) is 0 Å². The van der Waals surface area contributed by atoms with Gasteiger partial charge >= 0.3 is 5.97 Å². The number of tetrazole rings is 1. The number of aliphatic hydroxyl groups is 1. The molecule has 2 unspecified atom stereocenters. The molecule has 106 valence electrons. The van der Waals surface area contributed by atoms with Crippen molar-refractivity contribution in [3.63, 3.8) is 0 Å². The van der Waals surface area contributed by atoms with Crippen LogP contribution in [0.2, 0.25) is 0 Å². The highest BCUT2D eigenvalue weighted by Gasteiger charge is 2.29. The molecule has 0 radical (unpaired) electrons. The molecule has 0 saturated carbocycles. The number of hydrogen-bond donors (Lipinski definition) is 2. The first-order valence-corrected chi connectivity index (χ1v) is 5.91. The van der Waals surface area contributed by atoms with Gasteiger partial charge in [-0.2, -0.15) is 0 Å². The molecule has 0 spiro atoms. The van der Waals surface area contributed by atoms with Gasteiger partial charge in [-0.1, -0.05) is 12.1 Å². The zero-order valence-electron chi connectivity index (χ0n) is 10.6. The topological polar surface area (TPSA) is 101 Å². The molecule has 2 rings (SSSR count). The van der Waals surface area contributed by atoms with E-state index in [1.165, 1.54) is 19.1 Å². The van der Waals surface area contributed by atoms with Crippen molar-refractivity contribution in [3.8, 4) is 0 Å². The summed E-state index contributed by atoms with van der Waals surface area (Å²) >= 11 is 0. The minimum atomic E-state index is -1.26. The predicted molar refractivity (Wildman–Crippen MR) is 65.4 cm³/mol. The van der Waals surface area contributed by atoms with Crippen LogP contribution in [0.4, 0.5) is 4.39 Å². The molecule has 2 atom stereocenters. The molecule has 0 aliphatic carbocycles. The normalized spacial score (nSPS) is 13.9. The molecule has 0 aliphatic rings. The van der Waals surface area contributed by atoms with Crippen LogP contribution in [-0.4, -0.2) is 42.5 Å². The smallest absolute Gasteiger partial charge is 0.331 e. The largest absolute Gasteiger partial charge is 0.480 e. The van der Waals surface area contributed by atoms with Gasteiger partial charge in [-0.3, -0.25) is 0 Å². The Morgan fingerprint density at radius 2 is 2.05 bits per heavy atom. The summed E-state index contributed by atoms with van der Waals surface area (Å²) in [6.07, 6.45) is -0.910. The fourth-order valence-electron chi connectivity index (χ4n) is 1.84. The SMILES string of the molecule is CC(O)C(C(=O)O)n1nnnc1Cc1ccc(F)cc1. The lowest BCUT2D eigenvalue weighted by Crippen LogP contribution is -2.31. The number of aliphatic hydroxyl groups excluding tert-OH is 1. The van der Waals surface area contributed by atoms with Gasteiger partial charge in [0.1, 0.15) is 5.82 Å². The number of aromatic nitrogens is 4. The van der Waals surface area contributed by atoms with Crippen molar-refractivity contribution in [2.75, 3.05) is 0 Å². The fourth-order valence-corrected chi connectivity index (χ4v) is 1.84. The zero-order chi connectivity index (χ0) is 14.7. The molecule has 2 aromatic rings. The maximum atomic E-state index is 12.8. The van der Waals surface area contributed by atoms with Crippen molar-refractivity contribution in [3.05, 3.63) is 41.5 Å². The molecule has 0 fully saturated rings. The van der Waals surface area contributed by atoms with Crippen LogP contribution in [0.3, 0.4) is 0 Å². The van der Waals surface area contributed by atoms with Crippen LogP contribution in [0, 0.1) is 5.82 Å². The molecule has 0 saturated heterocycles. The Bertz CT molecular complexity index is 597. The highest BCUT2D eigenvalue weighted by Crippen LogP contribution is 2.15. The third-order valence-electron chi connectivity index (χ3n) is 2.81. The highest BCUT2D eigenvalue weighted by atomic mass is 19.1. The van der Waals surface area contributed by atoms with Gasteiger partial charge in [0.15, 0.2) is 11.9 Å². The number of aliphatic carboxylic acids is 1. The van der Waals surface area contributed by atoms with Gasteiger partial charge in [-0.25, -0.2) is 13.9 Å². The first-order chi connectivity index (χ1) is 9.49. The second kappa shape index (κ2) is 5.74. The maximum absolute atomic E-state index is 12.8. The number of hydrogen-bond acceptors (Lipinski definition) is 5. The number of benzene rings is 1. The molecule has 2 N–H and O–H groups in total. The minimum Gasteiger partial charge on any atom is -0.480 e. The Morgan fingerprint density at radius 3 is 2.60 bits per heavy atom. The van der Waals surface area contributed by atoms with E-state index < -0.39 is 18.1 Å². The summed E-state index contributed by atoms with van der Waals surface area (Å²) in [4.78, 5) is 11.2. The third-order valence-corrected chi connectivity index (χ3v) is 2.81. The zero-order valence-corrected chi connectivity index (χ0v) is 10.6. The number of rotatable bonds is 5. The van der Waals surface area contributed by atoms with Crippen LogP contribution in [0.25, 0.3) is 0 Å². The van der Waals surface area contributed by atoms with Gasteiger partial charge in [-0.05, 0) is 35.0 Å². The van der Waals surface area contributed by atoms with Gasteiger partial charge < -0.3 is 10.2 Å². The van der Waals surface area contributed by atoms with E-state index in [-0.39, 0.29) is 18.1 Å². The Morgan fingerprint density at radius 1 is 1.40 bits per heavy atom. The minimum absolute atomic E-state index is 0.240. The molecule has 1 aromatic carbocycles. The van der Waals surface area contributed by atoms with Gasteiger partial charge in [0.25, 0.3) is 0 Å². The number of nitrogens with zero attached hydrogens (tertiary/aromatic N) is 4. The molecule has 0 aliphatic heterocycles. The molecule has 20 heavy (non-hydrogen) atoms. The van der Waals surface area contributed by atoms with E-state index in [9.17, 15) is 14.3 Å². The molecule has 1 aromatic heterocycles. The summed E-state index contributed by atoms with van der Waals surface area (Å²) in [6, 6.07) is 4.46. The van der Waals surface area contributed by atoms with E-state index in [0.717, 1.165) is 10.2 Å². The lowest BCUT2D eigenvalue weighted by molar-refractivity contribution is -0.144. The second-order valence-corrected chi connectivity index (χ2v) is 4.37. The molecule has 0 amide bonds. The molecule has 1 heterocycles. The molecule has 0 bridgehead atoms. The van der Waals surface area contributed by atoms with Crippen molar-refractivity contribution in [2.45, 2.75) is 25.5 Å². The summed E-state index contributed by atoms with van der Waals surface area (Å²) in [5.74, 6) is -1.31. The maximum Gasteiger partial charge on any atom is 0.331 e.